The number of halogens is 1. The largest absolute Gasteiger partial charge is 0.192 e. The van der Waals surface area contributed by atoms with Crippen LogP contribution in [0.2, 0.25) is 0 Å². The third-order valence-electron chi connectivity index (χ3n) is 1.28. The Labute approximate surface area is 78.5 Å². The van der Waals surface area contributed by atoms with E-state index in [0.29, 0.717) is 0 Å². The highest BCUT2D eigenvalue weighted by Crippen LogP contribution is 2.23. The molecule has 0 aromatic heterocycles. The Morgan fingerprint density at radius 1 is 1.55 bits per heavy atom. The van der Waals surface area contributed by atoms with Gasteiger partial charge in [0.1, 0.15) is 6.07 Å². The van der Waals surface area contributed by atoms with Crippen molar-refractivity contribution in [3.63, 3.8) is 0 Å². The van der Waals surface area contributed by atoms with E-state index in [1.165, 1.54) is 0 Å². The van der Waals surface area contributed by atoms with Crippen LogP contribution in [0.15, 0.2) is 27.6 Å². The van der Waals surface area contributed by atoms with Crippen LogP contribution in [0.5, 0.6) is 0 Å². The molecule has 3 heteroatoms. The van der Waals surface area contributed by atoms with Crippen molar-refractivity contribution >= 4 is 27.7 Å². The van der Waals surface area contributed by atoms with Crippen LogP contribution in [-0.4, -0.2) is 6.26 Å². The van der Waals surface area contributed by atoms with Crippen molar-refractivity contribution < 1.29 is 0 Å². The molecule has 1 aromatic carbocycles. The summed E-state index contributed by atoms with van der Waals surface area (Å²) in [5.74, 6) is 0. The fourth-order valence-electron chi connectivity index (χ4n) is 0.757. The van der Waals surface area contributed by atoms with Gasteiger partial charge >= 0.3 is 0 Å². The summed E-state index contributed by atoms with van der Waals surface area (Å²) in [5.41, 5.74) is 0.737. The molecule has 0 aliphatic heterocycles. The number of hydrogen-bond donors (Lipinski definition) is 0. The molecule has 1 rings (SSSR count). The summed E-state index contributed by atoms with van der Waals surface area (Å²) in [6.07, 6.45) is 1.96. The standard InChI is InChI=1S/C8H6BrNS/c1-11-8-4-7(9)3-2-6(8)5-10/h2-4H,1H3. The zero-order chi connectivity index (χ0) is 8.27. The topological polar surface area (TPSA) is 23.8 Å². The smallest absolute Gasteiger partial charge is 0.100 e. The Morgan fingerprint density at radius 3 is 2.82 bits per heavy atom. The molecule has 0 saturated heterocycles. The Balaban J connectivity index is 3.19. The number of benzene rings is 1. The maximum Gasteiger partial charge on any atom is 0.100 e. The van der Waals surface area contributed by atoms with Crippen molar-refractivity contribution in [1.29, 1.82) is 5.26 Å². The van der Waals surface area contributed by atoms with Crippen LogP contribution < -0.4 is 0 Å². The van der Waals surface area contributed by atoms with Crippen LogP contribution >= 0.6 is 27.7 Å². The molecule has 0 amide bonds. The fourth-order valence-corrected chi connectivity index (χ4v) is 1.85. The van der Waals surface area contributed by atoms with Crippen molar-refractivity contribution in [3.05, 3.63) is 28.2 Å². The van der Waals surface area contributed by atoms with Gasteiger partial charge in [0.25, 0.3) is 0 Å². The molecule has 0 N–H and O–H groups in total. The summed E-state index contributed by atoms with van der Waals surface area (Å²) in [4.78, 5) is 1.02. The Bertz CT molecular complexity index is 303. The highest BCUT2D eigenvalue weighted by Gasteiger charge is 1.99. The highest BCUT2D eigenvalue weighted by atomic mass is 79.9. The summed E-state index contributed by atoms with van der Waals surface area (Å²) in [6, 6.07) is 7.77. The molecule has 0 bridgehead atoms. The molecular weight excluding hydrogens is 222 g/mol. The van der Waals surface area contributed by atoms with E-state index in [-0.39, 0.29) is 0 Å². The van der Waals surface area contributed by atoms with Gasteiger partial charge in [0, 0.05) is 9.37 Å². The zero-order valence-corrected chi connectivity index (χ0v) is 8.37. The quantitative estimate of drug-likeness (QED) is 0.689. The monoisotopic (exact) mass is 227 g/mol. The first-order valence-electron chi connectivity index (χ1n) is 3.01. The first-order chi connectivity index (χ1) is 5.27. The van der Waals surface area contributed by atoms with Crippen molar-refractivity contribution in [2.45, 2.75) is 4.90 Å². The molecule has 0 saturated carbocycles. The van der Waals surface area contributed by atoms with Gasteiger partial charge in [-0.15, -0.1) is 11.8 Å². The van der Waals surface area contributed by atoms with Crippen molar-refractivity contribution in [2.24, 2.45) is 0 Å². The Hall–Kier alpha value is -0.460. The number of thioether (sulfide) groups is 1. The lowest BCUT2D eigenvalue weighted by Gasteiger charge is -1.98. The van der Waals surface area contributed by atoms with Crippen LogP contribution in [0.4, 0.5) is 0 Å². The third-order valence-corrected chi connectivity index (χ3v) is 2.55. The summed E-state index contributed by atoms with van der Waals surface area (Å²) in [6.45, 7) is 0. The zero-order valence-electron chi connectivity index (χ0n) is 5.97. The molecule has 0 fully saturated rings. The van der Waals surface area contributed by atoms with Gasteiger partial charge < -0.3 is 0 Å². The molecule has 1 nitrogen and oxygen atoms in total. The number of nitriles is 1. The van der Waals surface area contributed by atoms with Gasteiger partial charge in [-0.05, 0) is 24.5 Å². The number of hydrogen-bond acceptors (Lipinski definition) is 2. The molecule has 0 atom stereocenters. The Morgan fingerprint density at radius 2 is 2.27 bits per heavy atom. The first-order valence-corrected chi connectivity index (χ1v) is 5.03. The van der Waals surface area contributed by atoms with Gasteiger partial charge in [0.05, 0.1) is 5.56 Å². The van der Waals surface area contributed by atoms with E-state index in [1.54, 1.807) is 11.8 Å². The lowest BCUT2D eigenvalue weighted by Crippen LogP contribution is -1.78. The maximum atomic E-state index is 8.66. The van der Waals surface area contributed by atoms with E-state index in [1.807, 2.05) is 24.5 Å². The predicted molar refractivity (Wildman–Crippen MR) is 50.6 cm³/mol. The van der Waals surface area contributed by atoms with E-state index >= 15 is 0 Å². The second-order valence-corrected chi connectivity index (χ2v) is 3.72. The molecule has 0 unspecified atom stereocenters. The number of rotatable bonds is 1. The SMILES string of the molecule is CSc1cc(Br)ccc1C#N. The lowest BCUT2D eigenvalue weighted by atomic mass is 10.2. The maximum absolute atomic E-state index is 8.66. The molecule has 11 heavy (non-hydrogen) atoms. The molecule has 0 aliphatic rings. The summed E-state index contributed by atoms with van der Waals surface area (Å²) < 4.78 is 1.01. The van der Waals surface area contributed by atoms with Crippen molar-refractivity contribution in [3.8, 4) is 6.07 Å². The van der Waals surface area contributed by atoms with E-state index in [2.05, 4.69) is 22.0 Å². The lowest BCUT2D eigenvalue weighted by molar-refractivity contribution is 1.36. The van der Waals surface area contributed by atoms with Gasteiger partial charge in [-0.25, -0.2) is 0 Å². The van der Waals surface area contributed by atoms with Crippen LogP contribution in [0.1, 0.15) is 5.56 Å². The minimum absolute atomic E-state index is 0.737. The third kappa shape index (κ3) is 1.98. The second-order valence-electron chi connectivity index (χ2n) is 1.96. The molecule has 0 heterocycles. The van der Waals surface area contributed by atoms with E-state index in [4.69, 9.17) is 5.26 Å². The molecule has 56 valence electrons. The van der Waals surface area contributed by atoms with Gasteiger partial charge in [-0.2, -0.15) is 5.26 Å². The molecule has 0 spiro atoms. The predicted octanol–water partition coefficient (Wildman–Crippen LogP) is 3.04. The van der Waals surface area contributed by atoms with Crippen molar-refractivity contribution in [1.82, 2.24) is 0 Å². The van der Waals surface area contributed by atoms with Gasteiger partial charge in [0.2, 0.25) is 0 Å². The van der Waals surface area contributed by atoms with Crippen molar-refractivity contribution in [2.75, 3.05) is 6.26 Å². The van der Waals surface area contributed by atoms with Gasteiger partial charge in [0.15, 0.2) is 0 Å². The van der Waals surface area contributed by atoms with Crippen LogP contribution in [0.25, 0.3) is 0 Å². The molecular formula is C8H6BrNS. The summed E-state index contributed by atoms with van der Waals surface area (Å²) >= 11 is 4.93. The molecule has 1 aromatic rings. The fraction of sp³-hybridized carbons (Fsp3) is 0.125. The normalized spacial score (nSPS) is 9.18. The minimum Gasteiger partial charge on any atom is -0.192 e. The molecule has 0 aliphatic carbocycles. The highest BCUT2D eigenvalue weighted by molar-refractivity contribution is 9.10. The van der Waals surface area contributed by atoms with Gasteiger partial charge in [-0.1, -0.05) is 15.9 Å². The van der Waals surface area contributed by atoms with Crippen LogP contribution in [0, 0.1) is 11.3 Å². The minimum atomic E-state index is 0.737. The van der Waals surface area contributed by atoms with E-state index < -0.39 is 0 Å². The van der Waals surface area contributed by atoms with Crippen LogP contribution in [0.3, 0.4) is 0 Å². The average molecular weight is 228 g/mol. The second kappa shape index (κ2) is 3.80. The Kier molecular flexibility index (Phi) is 2.98. The first kappa shape index (κ1) is 8.63. The van der Waals surface area contributed by atoms with Crippen LogP contribution in [-0.2, 0) is 0 Å². The van der Waals surface area contributed by atoms with E-state index in [9.17, 15) is 0 Å². The average Bonchev–Trinajstić information content (AvgIpc) is 2.04. The summed E-state index contributed by atoms with van der Waals surface area (Å²) in [7, 11) is 0. The number of nitrogens with zero attached hydrogens (tertiary/aromatic N) is 1. The van der Waals surface area contributed by atoms with E-state index in [0.717, 1.165) is 14.9 Å². The molecule has 0 radical (unpaired) electrons. The summed E-state index contributed by atoms with van der Waals surface area (Å²) in [5, 5.41) is 8.66. The van der Waals surface area contributed by atoms with Gasteiger partial charge in [-0.3, -0.25) is 0 Å².